The topological polar surface area (TPSA) is 82.7 Å². The molecule has 31 heavy (non-hydrogen) atoms. The van der Waals surface area contributed by atoms with Crippen molar-refractivity contribution in [2.45, 2.75) is 38.2 Å². The summed E-state index contributed by atoms with van der Waals surface area (Å²) in [6, 6.07) is 11.7. The molecule has 1 saturated heterocycles. The first-order chi connectivity index (χ1) is 14.9. The highest BCUT2D eigenvalue weighted by Gasteiger charge is 2.32. The van der Waals surface area contributed by atoms with E-state index in [1.165, 1.54) is 0 Å². The summed E-state index contributed by atoms with van der Waals surface area (Å²) in [7, 11) is 0. The van der Waals surface area contributed by atoms with E-state index in [2.05, 4.69) is 15.0 Å². The summed E-state index contributed by atoms with van der Waals surface area (Å²) < 4.78 is 5.60. The molecule has 3 aromatic rings. The Balaban J connectivity index is 1.48. The average molecular weight is 421 g/mol. The molecule has 2 aliphatic rings. The molecule has 1 N–H and O–H groups in total. The van der Waals surface area contributed by atoms with Crippen LogP contribution < -0.4 is 0 Å². The van der Waals surface area contributed by atoms with E-state index in [0.717, 1.165) is 37.2 Å². The van der Waals surface area contributed by atoms with Gasteiger partial charge < -0.3 is 14.5 Å². The van der Waals surface area contributed by atoms with E-state index in [9.17, 15) is 9.90 Å². The Bertz CT molecular complexity index is 1090. The van der Waals surface area contributed by atoms with Crippen molar-refractivity contribution in [2.75, 3.05) is 32.7 Å². The molecule has 0 radical (unpaired) electrons. The van der Waals surface area contributed by atoms with Gasteiger partial charge in [0, 0.05) is 49.9 Å². The Hall–Kier alpha value is -2.77. The van der Waals surface area contributed by atoms with Gasteiger partial charge in [-0.1, -0.05) is 35.5 Å². The highest BCUT2D eigenvalue weighted by Crippen LogP contribution is 2.41. The first kappa shape index (κ1) is 20.2. The lowest BCUT2D eigenvalue weighted by atomic mass is 10.0. The minimum absolute atomic E-state index is 0.00223. The Morgan fingerprint density at radius 1 is 1.16 bits per heavy atom. The smallest absolute Gasteiger partial charge is 0.259 e. The third-order valence-corrected chi connectivity index (χ3v) is 6.01. The van der Waals surface area contributed by atoms with Gasteiger partial charge in [0.25, 0.3) is 11.6 Å². The molecule has 1 aromatic carbocycles. The summed E-state index contributed by atoms with van der Waals surface area (Å²) in [5.74, 6) is 0.405. The van der Waals surface area contributed by atoms with E-state index in [4.69, 9.17) is 4.52 Å². The van der Waals surface area contributed by atoms with E-state index in [0.29, 0.717) is 47.9 Å². The van der Waals surface area contributed by atoms with Crippen LogP contribution in [-0.4, -0.2) is 69.3 Å². The Labute approximate surface area is 181 Å². The molecule has 1 aliphatic carbocycles. The van der Waals surface area contributed by atoms with Crippen molar-refractivity contribution in [3.63, 3.8) is 0 Å². The molecule has 2 aromatic heterocycles. The number of piperazine rings is 1. The van der Waals surface area contributed by atoms with Gasteiger partial charge in [0.15, 0.2) is 0 Å². The van der Waals surface area contributed by atoms with Crippen LogP contribution in [0.4, 0.5) is 0 Å². The van der Waals surface area contributed by atoms with Crippen LogP contribution in [0.5, 0.6) is 0 Å². The number of β-amino-alcohol motifs (C(OH)–C–C–N with tert-alkyl or cyclic N) is 1. The van der Waals surface area contributed by atoms with Crippen molar-refractivity contribution >= 4 is 17.0 Å². The first-order valence-electron chi connectivity index (χ1n) is 11.0. The van der Waals surface area contributed by atoms with Crippen LogP contribution in [0, 0.1) is 0 Å². The monoisotopic (exact) mass is 420 g/mol. The second kappa shape index (κ2) is 7.73. The largest absolute Gasteiger partial charge is 0.389 e. The van der Waals surface area contributed by atoms with Gasteiger partial charge in [-0.3, -0.25) is 9.69 Å². The molecule has 7 heteroatoms. The molecule has 5 rings (SSSR count). The molecule has 1 saturated carbocycles. The fourth-order valence-corrected chi connectivity index (χ4v) is 4.35. The molecule has 0 unspecified atom stereocenters. The zero-order valence-corrected chi connectivity index (χ0v) is 18.0. The van der Waals surface area contributed by atoms with Gasteiger partial charge in [0.05, 0.1) is 16.6 Å². The number of aromatic nitrogens is 2. The lowest BCUT2D eigenvalue weighted by Crippen LogP contribution is -2.52. The highest BCUT2D eigenvalue weighted by molar-refractivity contribution is 6.09. The van der Waals surface area contributed by atoms with Crippen molar-refractivity contribution in [3.05, 3.63) is 47.7 Å². The number of hydrogen-bond donors (Lipinski definition) is 1. The Morgan fingerprint density at radius 2 is 1.87 bits per heavy atom. The number of benzene rings is 1. The molecular weight excluding hydrogens is 392 g/mol. The van der Waals surface area contributed by atoms with Crippen LogP contribution in [0.2, 0.25) is 0 Å². The van der Waals surface area contributed by atoms with Crippen LogP contribution in [0.3, 0.4) is 0 Å². The minimum Gasteiger partial charge on any atom is -0.389 e. The molecule has 1 amide bonds. The van der Waals surface area contributed by atoms with Gasteiger partial charge in [-0.05, 0) is 32.8 Å². The second-order valence-corrected chi connectivity index (χ2v) is 9.33. The molecule has 1 aliphatic heterocycles. The fourth-order valence-electron chi connectivity index (χ4n) is 4.35. The number of amides is 1. The van der Waals surface area contributed by atoms with E-state index >= 15 is 0 Å². The lowest BCUT2D eigenvalue weighted by Gasteiger charge is -2.37. The zero-order chi connectivity index (χ0) is 21.6. The number of rotatable bonds is 5. The molecular formula is C24H28N4O3. The van der Waals surface area contributed by atoms with Crippen LogP contribution in [0.1, 0.15) is 48.7 Å². The van der Waals surface area contributed by atoms with Crippen molar-refractivity contribution in [3.8, 4) is 11.3 Å². The Kier molecular flexibility index (Phi) is 5.02. The maximum atomic E-state index is 13.6. The van der Waals surface area contributed by atoms with Crippen molar-refractivity contribution in [1.29, 1.82) is 0 Å². The maximum absolute atomic E-state index is 13.6. The summed E-state index contributed by atoms with van der Waals surface area (Å²) in [6.07, 6.45) is 2.20. The molecule has 162 valence electrons. The van der Waals surface area contributed by atoms with Crippen molar-refractivity contribution in [1.82, 2.24) is 19.9 Å². The van der Waals surface area contributed by atoms with Crippen LogP contribution in [-0.2, 0) is 0 Å². The molecule has 7 nitrogen and oxygen atoms in total. The van der Waals surface area contributed by atoms with Crippen molar-refractivity contribution < 1.29 is 14.4 Å². The molecule has 0 atom stereocenters. The summed E-state index contributed by atoms with van der Waals surface area (Å²) in [5.41, 5.74) is 2.82. The third kappa shape index (κ3) is 4.20. The number of pyridine rings is 1. The average Bonchev–Trinajstić information content (AvgIpc) is 3.52. The van der Waals surface area contributed by atoms with Gasteiger partial charge >= 0.3 is 0 Å². The van der Waals surface area contributed by atoms with E-state index < -0.39 is 5.60 Å². The molecule has 3 heterocycles. The summed E-state index contributed by atoms with van der Waals surface area (Å²) in [6.45, 7) is 6.98. The number of fused-ring (bicyclic) bond motifs is 1. The van der Waals surface area contributed by atoms with Gasteiger partial charge in [-0.25, -0.2) is 4.98 Å². The van der Waals surface area contributed by atoms with E-state index in [-0.39, 0.29) is 5.91 Å². The number of aliphatic hydroxyl groups is 1. The predicted octanol–water partition coefficient (Wildman–Crippen LogP) is 3.30. The first-order valence-corrected chi connectivity index (χ1v) is 11.0. The van der Waals surface area contributed by atoms with Gasteiger partial charge in [-0.2, -0.15) is 0 Å². The van der Waals surface area contributed by atoms with Crippen molar-refractivity contribution in [2.24, 2.45) is 0 Å². The normalized spacial score (nSPS) is 18.0. The molecule has 0 bridgehead atoms. The Morgan fingerprint density at radius 3 is 2.52 bits per heavy atom. The number of carbonyl (C=O) groups is 1. The maximum Gasteiger partial charge on any atom is 0.259 e. The fraction of sp³-hybridized carbons (Fsp3) is 0.458. The summed E-state index contributed by atoms with van der Waals surface area (Å²) >= 11 is 0. The van der Waals surface area contributed by atoms with Gasteiger partial charge in [-0.15, -0.1) is 0 Å². The van der Waals surface area contributed by atoms with E-state index in [1.54, 1.807) is 0 Å². The zero-order valence-electron chi connectivity index (χ0n) is 18.0. The standard InChI is InChI=1S/C24H28N4O3/c1-24(2,30)15-27-10-12-28(13-11-27)23(29)18-14-19(16-8-9-16)25-22-20(18)21(26-31-22)17-6-4-3-5-7-17/h3-7,14,16,30H,8-13,15H2,1-2H3. The van der Waals surface area contributed by atoms with Gasteiger partial charge in [0.2, 0.25) is 0 Å². The minimum atomic E-state index is -0.740. The number of carbonyl (C=O) groups excluding carboxylic acids is 1. The van der Waals surface area contributed by atoms with Crippen LogP contribution >= 0.6 is 0 Å². The third-order valence-electron chi connectivity index (χ3n) is 6.01. The van der Waals surface area contributed by atoms with Gasteiger partial charge in [0.1, 0.15) is 5.69 Å². The quantitative estimate of drug-likeness (QED) is 0.682. The number of nitrogens with zero attached hydrogens (tertiary/aromatic N) is 4. The number of hydrogen-bond acceptors (Lipinski definition) is 6. The summed E-state index contributed by atoms with van der Waals surface area (Å²) in [4.78, 5) is 22.4. The summed E-state index contributed by atoms with van der Waals surface area (Å²) in [5, 5.41) is 15.1. The van der Waals surface area contributed by atoms with E-state index in [1.807, 2.05) is 55.1 Å². The lowest BCUT2D eigenvalue weighted by molar-refractivity contribution is 0.0179. The van der Waals surface area contributed by atoms with Crippen LogP contribution in [0.25, 0.3) is 22.4 Å². The van der Waals surface area contributed by atoms with Crippen LogP contribution in [0.15, 0.2) is 40.9 Å². The highest BCUT2D eigenvalue weighted by atomic mass is 16.5. The molecule has 2 fully saturated rings. The SMILES string of the molecule is CC(C)(O)CN1CCN(C(=O)c2cc(C3CC3)nc3onc(-c4ccccc4)c23)CC1. The second-order valence-electron chi connectivity index (χ2n) is 9.33. The molecule has 0 spiro atoms. The predicted molar refractivity (Wildman–Crippen MR) is 118 cm³/mol.